The van der Waals surface area contributed by atoms with Crippen LogP contribution in [0, 0.1) is 35.5 Å². The number of cyclic esters (lactones) is 1. The topological polar surface area (TPSA) is 430 Å². The molecule has 1 aliphatic carbocycles. The van der Waals surface area contributed by atoms with Gasteiger partial charge in [-0.05, 0) is 148 Å². The second-order valence-corrected chi connectivity index (χ2v) is 38.3. The monoisotopic (exact) mass is 1880 g/mol. The first-order chi connectivity index (χ1) is 65.5. The number of carbonyl (C=O) groups excluding carboxylic acids is 7. The van der Waals surface area contributed by atoms with E-state index in [1.54, 1.807) is 64.7 Å². The lowest BCUT2D eigenvalue weighted by Crippen LogP contribution is -2.61. The summed E-state index contributed by atoms with van der Waals surface area (Å²) in [5.41, 5.74) is 22.2. The number of allylic oxidation sites excluding steroid dienone is 5. The summed E-state index contributed by atoms with van der Waals surface area (Å²) in [5, 5.41) is 29.7. The van der Waals surface area contributed by atoms with Crippen LogP contribution in [0.15, 0.2) is 113 Å². The number of aromatic nitrogens is 9. The van der Waals surface area contributed by atoms with Gasteiger partial charge in [0.15, 0.2) is 17.0 Å². The van der Waals surface area contributed by atoms with Crippen molar-refractivity contribution in [1.82, 2.24) is 69.2 Å². The van der Waals surface area contributed by atoms with E-state index in [1.165, 1.54) is 18.3 Å². The third-order valence-electron chi connectivity index (χ3n) is 28.9. The fourth-order valence-corrected chi connectivity index (χ4v) is 20.7. The molecule has 6 N–H and O–H groups in total. The van der Waals surface area contributed by atoms with Crippen molar-refractivity contribution in [3.8, 4) is 11.3 Å². The predicted octanol–water partition coefficient (Wildman–Crippen LogP) is 9.65. The maximum absolute atomic E-state index is 15.1. The molecule has 8 aliphatic rings. The van der Waals surface area contributed by atoms with Crippen LogP contribution in [0.25, 0.3) is 33.4 Å². The molecule has 5 fully saturated rings. The van der Waals surface area contributed by atoms with Crippen molar-refractivity contribution in [3.05, 3.63) is 142 Å². The first kappa shape index (κ1) is 99.4. The average Bonchev–Trinajstić information content (AvgIpc) is 1.30. The smallest absolute Gasteiger partial charge is 0.410 e. The molecule has 732 valence electrons. The second kappa shape index (κ2) is 45.0. The van der Waals surface area contributed by atoms with Gasteiger partial charge in [-0.1, -0.05) is 89.3 Å². The van der Waals surface area contributed by atoms with Crippen molar-refractivity contribution in [3.63, 3.8) is 0 Å². The van der Waals surface area contributed by atoms with E-state index >= 15 is 4.79 Å². The Morgan fingerprint density at radius 2 is 1.43 bits per heavy atom. The molecular formula is C100H134N18O18. The number of hydrogen-bond donors (Lipinski definition) is 4. The number of oxazole rings is 1. The minimum Gasteiger partial charge on any atom is -0.460 e. The van der Waals surface area contributed by atoms with Crippen molar-refractivity contribution >= 4 is 87.2 Å². The fourth-order valence-electron chi connectivity index (χ4n) is 20.7. The second-order valence-electron chi connectivity index (χ2n) is 38.3. The van der Waals surface area contributed by atoms with Gasteiger partial charge in [-0.2, -0.15) is 10.1 Å². The number of fused-ring (bicyclic) bond motifs is 7. The van der Waals surface area contributed by atoms with E-state index in [9.17, 15) is 39.0 Å². The Morgan fingerprint density at radius 3 is 2.20 bits per heavy atom. The van der Waals surface area contributed by atoms with E-state index < -0.39 is 102 Å². The maximum atomic E-state index is 15.1. The molecule has 4 amide bonds. The number of methoxy groups -OCH3 is 4. The van der Waals surface area contributed by atoms with E-state index in [-0.39, 0.29) is 73.7 Å². The van der Waals surface area contributed by atoms with Crippen LogP contribution < -0.4 is 21.3 Å². The fraction of sp³-hybridized carbons (Fsp3) is 0.590. The van der Waals surface area contributed by atoms with Crippen LogP contribution in [0.3, 0.4) is 0 Å². The average molecular weight is 1880 g/mol. The summed E-state index contributed by atoms with van der Waals surface area (Å²) in [5.74, 6) is -6.02. The highest BCUT2D eigenvalue weighted by Gasteiger charge is 2.54. The number of amides is 4. The standard InChI is InChI=1S/C100H134N18O18/c1-60-17-13-12-14-18-61(2)80(128-8)51-74-25-20-66(7)100(127,136-74)90(122)94(124)117-31-16-15-19-77(117)95(125)133-82(52-81(129-9)62(3)46-65(6)88(121)89(131-11)87(120)64(5)45-60)63(4)47-67-22-26-79(83(49-67)130-10)135-99(126)116-33-29-75-73(58-116)55-105-98(109-75)114-40-38-112(39-41-114)84(119)30-43-132-44-42-111-34-36-113(37-35-111)97-103-53-72(54-104-97)93(123)115-32-28-69-48-68(21-23-71(69)57-115)56-118-92-85(91(101)106-59-107-92)86(110-118)70-24-27-78-76(50-70)108-96(102)134-78/h12-14,17-18,21,23-24,27,46,48,50,53-55,59-60,62-64,66-67,74,77,79-83,88-89,121,127H,15-16,19-20,22,25-26,28-45,47,49,51-52,56-58H2,1-11H3,(H2,102,108)(H2,101,106,107)/b14-12+,17-13+,61-18+,65-46+/t60-,62?,63-,64-,66-,67+,74+,77+,79-,80+,81-,82+,83-,88-,89+,100-/m1/s1. The molecule has 36 heteroatoms. The van der Waals surface area contributed by atoms with Crippen LogP contribution in [-0.2, 0) is 94.3 Å². The van der Waals surface area contributed by atoms with Gasteiger partial charge in [0.25, 0.3) is 23.6 Å². The zero-order valence-electron chi connectivity index (χ0n) is 80.3. The molecule has 2 bridgehead atoms. The lowest BCUT2D eigenvalue weighted by molar-refractivity contribution is -0.265. The highest BCUT2D eigenvalue weighted by molar-refractivity contribution is 6.39. The predicted molar refractivity (Wildman–Crippen MR) is 507 cm³/mol. The van der Waals surface area contributed by atoms with E-state index in [2.05, 4.69) is 57.8 Å². The largest absolute Gasteiger partial charge is 0.460 e. The van der Waals surface area contributed by atoms with Crippen molar-refractivity contribution in [2.45, 2.75) is 225 Å². The molecule has 0 radical (unpaired) electrons. The molecule has 7 aromatic rings. The summed E-state index contributed by atoms with van der Waals surface area (Å²) < 4.78 is 56.6. The number of aliphatic hydroxyl groups is 2. The summed E-state index contributed by atoms with van der Waals surface area (Å²) in [7, 11) is 6.19. The normalized spacial score (nSPS) is 28.5. The van der Waals surface area contributed by atoms with Crippen LogP contribution in [0.5, 0.6) is 0 Å². The molecule has 4 saturated heterocycles. The van der Waals surface area contributed by atoms with Crippen LogP contribution in [0.1, 0.15) is 170 Å². The molecule has 15 rings (SSSR count). The molecule has 0 spiro atoms. The van der Waals surface area contributed by atoms with E-state index in [0.717, 1.165) is 52.2 Å². The number of piperidine rings is 1. The SMILES string of the molecule is CO[C@H]1C[C@@H]2CC[C@@H](C)[C@@](O)(O2)C(=O)C(=O)N2CCCC[C@H]2C(=O)O[C@H]([C@H](C)C[C@@H]2CC[C@@H](OC(=O)N3CCc4nc(N5CCN(C(=O)CCOCCN6CCN(c7ncc(C(=O)N8CCc9cc(Cn%10nc(-c%11ccc%12oc(N)nc%12c%11)c%11c(N)ncnc%11%10)ccc9C8)cn7)CC6)CC5)ncc4C3)[C@H](OC)C2)C[C@@H](OC)C(C)/C=C(\C)[C@@H](O)[C@@H](OC)C(=O)[C@H](C)C[C@H](C)/C=C/C=C/C=C/1C. The third kappa shape index (κ3) is 23.3. The summed E-state index contributed by atoms with van der Waals surface area (Å²) in [6, 6.07) is 10.8. The van der Waals surface area contributed by atoms with Gasteiger partial charge in [-0.15, -0.1) is 0 Å². The summed E-state index contributed by atoms with van der Waals surface area (Å²) in [6.07, 6.45) is 18.5. The molecule has 1 unspecified atom stereocenters. The lowest BCUT2D eigenvalue weighted by Gasteiger charge is -2.43. The quantitative estimate of drug-likeness (QED) is 0.0238. The molecule has 1 saturated carbocycles. The first-order valence-electron chi connectivity index (χ1n) is 48.3. The molecule has 16 atom stereocenters. The van der Waals surface area contributed by atoms with E-state index in [0.29, 0.717) is 219 Å². The summed E-state index contributed by atoms with van der Waals surface area (Å²) in [4.78, 5) is 145. The Hall–Kier alpha value is -11.1. The molecule has 5 aromatic heterocycles. The van der Waals surface area contributed by atoms with Crippen LogP contribution in [0.2, 0.25) is 0 Å². The number of benzene rings is 2. The minimum atomic E-state index is -2.46. The number of ether oxygens (including phenoxy) is 8. The van der Waals surface area contributed by atoms with Crippen molar-refractivity contribution in [2.24, 2.45) is 35.5 Å². The van der Waals surface area contributed by atoms with Crippen LogP contribution in [0.4, 0.5) is 28.5 Å². The van der Waals surface area contributed by atoms with Gasteiger partial charge in [-0.3, -0.25) is 28.9 Å². The molecule has 2 aromatic carbocycles. The number of nitrogen functional groups attached to an aromatic ring is 2. The number of esters is 1. The number of rotatable bonds is 20. The van der Waals surface area contributed by atoms with Gasteiger partial charge in [0, 0.05) is 180 Å². The number of anilines is 4. The number of Topliss-reactive ketones (excluding diaryl/α,β-unsaturated/α-hetero) is 2. The Kier molecular flexibility index (Phi) is 32.9. The Morgan fingerprint density at radius 1 is 0.684 bits per heavy atom. The molecule has 36 nitrogen and oxygen atoms in total. The molecule has 12 heterocycles. The van der Waals surface area contributed by atoms with Crippen LogP contribution in [-0.4, -0.2) is 302 Å². The third-order valence-corrected chi connectivity index (χ3v) is 28.9. The van der Waals surface area contributed by atoms with Crippen LogP contribution >= 0.6 is 0 Å². The summed E-state index contributed by atoms with van der Waals surface area (Å²) in [6.45, 7) is 22.0. The van der Waals surface area contributed by atoms with E-state index in [1.807, 2.05) is 97.7 Å². The van der Waals surface area contributed by atoms with Gasteiger partial charge in [0.05, 0.1) is 73.8 Å². The molecular weight excluding hydrogens is 1740 g/mol. The van der Waals surface area contributed by atoms with Gasteiger partial charge in [0.1, 0.15) is 53.8 Å². The number of piperazine rings is 2. The zero-order valence-corrected chi connectivity index (χ0v) is 80.3. The Bertz CT molecular complexity index is 5520. The van der Waals surface area contributed by atoms with Gasteiger partial charge in [0.2, 0.25) is 23.6 Å². The lowest BCUT2D eigenvalue weighted by atomic mass is 9.78. The van der Waals surface area contributed by atoms with Gasteiger partial charge < -0.3 is 93.4 Å². The first-order valence-corrected chi connectivity index (χ1v) is 48.3. The van der Waals surface area contributed by atoms with Crippen molar-refractivity contribution < 1.29 is 86.1 Å². The maximum Gasteiger partial charge on any atom is 0.410 e. The molecule has 136 heavy (non-hydrogen) atoms. The molecule has 7 aliphatic heterocycles. The van der Waals surface area contributed by atoms with Crippen molar-refractivity contribution in [2.75, 3.05) is 141 Å². The van der Waals surface area contributed by atoms with E-state index in [4.69, 9.17) is 68.8 Å². The van der Waals surface area contributed by atoms with Gasteiger partial charge in [-0.25, -0.2) is 44.2 Å². The number of nitrogens with zero attached hydrogens (tertiary/aromatic N) is 16. The number of ketones is 2. The van der Waals surface area contributed by atoms with Gasteiger partial charge >= 0.3 is 12.1 Å². The number of hydrogen-bond acceptors (Lipinski definition) is 31. The number of aliphatic hydroxyl groups excluding tert-OH is 1. The highest BCUT2D eigenvalue weighted by Crippen LogP contribution is 2.41. The Labute approximate surface area is 794 Å². The number of carbonyl (C=O) groups is 7. The zero-order chi connectivity index (χ0) is 96.2. The number of nitrogens with two attached hydrogens (primary N) is 2. The van der Waals surface area contributed by atoms with Crippen molar-refractivity contribution in [1.29, 1.82) is 0 Å². The minimum absolute atomic E-state index is 0.00352. The highest BCUT2D eigenvalue weighted by atomic mass is 16.6. The Balaban J connectivity index is 0.488. The summed E-state index contributed by atoms with van der Waals surface area (Å²) >= 11 is 0.